The van der Waals surface area contributed by atoms with E-state index in [9.17, 15) is 13.6 Å². The third kappa shape index (κ3) is 4.88. The van der Waals surface area contributed by atoms with E-state index >= 15 is 0 Å². The van der Waals surface area contributed by atoms with Crippen LogP contribution < -0.4 is 9.47 Å². The Kier molecular flexibility index (Phi) is 6.28. The molecule has 0 radical (unpaired) electrons. The number of aromatic nitrogens is 1. The molecule has 0 spiro atoms. The van der Waals surface area contributed by atoms with Crippen molar-refractivity contribution < 1.29 is 27.8 Å². The Hall–Kier alpha value is -3.87. The number of methoxy groups -OCH3 is 1. The fraction of sp³-hybridized carbons (Fsp3) is 0.222. The summed E-state index contributed by atoms with van der Waals surface area (Å²) in [5, 5.41) is 0.750. The van der Waals surface area contributed by atoms with Crippen LogP contribution in [0.5, 0.6) is 11.5 Å². The second kappa shape index (κ2) is 9.17. The molecule has 1 heterocycles. The van der Waals surface area contributed by atoms with Crippen molar-refractivity contribution in [3.63, 3.8) is 0 Å². The Bertz CT molecular complexity index is 1340. The lowest BCUT2D eigenvalue weighted by atomic mass is 10.0. The van der Waals surface area contributed by atoms with Gasteiger partial charge in [0.1, 0.15) is 23.7 Å². The minimum Gasteiger partial charge on any atom is -0.496 e. The molecule has 0 saturated heterocycles. The van der Waals surface area contributed by atoms with Crippen molar-refractivity contribution in [2.24, 2.45) is 0 Å². The normalized spacial score (nSPS) is 11.5. The number of nitrogens with one attached hydrogen (secondary N) is 1. The van der Waals surface area contributed by atoms with E-state index in [1.165, 1.54) is 7.11 Å². The van der Waals surface area contributed by atoms with Gasteiger partial charge in [-0.15, -0.1) is 0 Å². The van der Waals surface area contributed by atoms with Gasteiger partial charge < -0.3 is 19.2 Å². The molecule has 0 saturated carbocycles. The van der Waals surface area contributed by atoms with Gasteiger partial charge >= 0.3 is 5.97 Å². The van der Waals surface area contributed by atoms with Crippen molar-refractivity contribution in [3.05, 3.63) is 83.6 Å². The molecule has 0 fully saturated rings. The maximum absolute atomic E-state index is 13.8. The van der Waals surface area contributed by atoms with Crippen molar-refractivity contribution in [3.8, 4) is 22.6 Å². The SMILES string of the molecule is COc1cc(F)c(F)cc1-c1ccc(OCc2cccc3[nH]cc(C(=O)OC(C)(C)C)c23)cc1. The molecule has 0 amide bonds. The second-order valence-corrected chi connectivity index (χ2v) is 8.82. The van der Waals surface area contributed by atoms with Crippen molar-refractivity contribution in [1.29, 1.82) is 0 Å². The number of rotatable bonds is 6. The number of fused-ring (bicyclic) bond motifs is 1. The predicted octanol–water partition coefficient (Wildman–Crippen LogP) is 6.66. The smallest absolute Gasteiger partial charge is 0.340 e. The Morgan fingerprint density at radius 2 is 1.71 bits per heavy atom. The molecule has 0 aliphatic heterocycles. The average molecular weight is 465 g/mol. The summed E-state index contributed by atoms with van der Waals surface area (Å²) in [7, 11) is 1.40. The molecule has 4 rings (SSSR count). The van der Waals surface area contributed by atoms with E-state index < -0.39 is 23.2 Å². The molecule has 4 aromatic rings. The zero-order chi connectivity index (χ0) is 24.5. The monoisotopic (exact) mass is 465 g/mol. The summed E-state index contributed by atoms with van der Waals surface area (Å²) >= 11 is 0. The lowest BCUT2D eigenvalue weighted by Gasteiger charge is -2.19. The fourth-order valence-corrected chi connectivity index (χ4v) is 3.69. The predicted molar refractivity (Wildman–Crippen MR) is 126 cm³/mol. The first-order valence-corrected chi connectivity index (χ1v) is 10.7. The highest BCUT2D eigenvalue weighted by Crippen LogP contribution is 2.33. The summed E-state index contributed by atoms with van der Waals surface area (Å²) in [4.78, 5) is 15.8. The van der Waals surface area contributed by atoms with Gasteiger partial charge in [-0.3, -0.25) is 0 Å². The second-order valence-electron chi connectivity index (χ2n) is 8.82. The first-order chi connectivity index (χ1) is 16.2. The van der Waals surface area contributed by atoms with Crippen LogP contribution in [0.1, 0.15) is 36.7 Å². The van der Waals surface area contributed by atoms with Crippen molar-refractivity contribution >= 4 is 16.9 Å². The lowest BCUT2D eigenvalue weighted by Crippen LogP contribution is -2.23. The molecule has 5 nitrogen and oxygen atoms in total. The molecule has 1 aromatic heterocycles. The van der Waals surface area contributed by atoms with Crippen LogP contribution in [0.25, 0.3) is 22.0 Å². The topological polar surface area (TPSA) is 60.5 Å². The van der Waals surface area contributed by atoms with Gasteiger partial charge in [0.05, 0.1) is 12.7 Å². The van der Waals surface area contributed by atoms with Crippen LogP contribution in [0.15, 0.2) is 60.8 Å². The van der Waals surface area contributed by atoms with Gasteiger partial charge in [-0.25, -0.2) is 13.6 Å². The number of hydrogen-bond donors (Lipinski definition) is 1. The molecule has 7 heteroatoms. The number of esters is 1. The van der Waals surface area contributed by atoms with Crippen LogP contribution in [-0.2, 0) is 11.3 Å². The third-order valence-electron chi connectivity index (χ3n) is 5.21. The van der Waals surface area contributed by atoms with E-state index in [0.717, 1.165) is 28.6 Å². The number of carbonyl (C=O) groups excluding carboxylic acids is 1. The number of ether oxygens (including phenoxy) is 3. The highest BCUT2D eigenvalue weighted by atomic mass is 19.2. The molecule has 0 aliphatic rings. The minimum absolute atomic E-state index is 0.221. The van der Waals surface area contributed by atoms with Crippen LogP contribution >= 0.6 is 0 Å². The standard InChI is InChI=1S/C27H25F2NO4/c1-27(2,3)34-26(31)20-14-30-23-7-5-6-17(25(20)23)15-33-18-10-8-16(9-11-18)19-12-21(28)22(29)13-24(19)32-4/h5-14,30H,15H2,1-4H3. The number of carbonyl (C=O) groups is 1. The Labute approximate surface area is 196 Å². The van der Waals surface area contributed by atoms with E-state index in [1.807, 2.05) is 39.0 Å². The first-order valence-electron chi connectivity index (χ1n) is 10.7. The van der Waals surface area contributed by atoms with Crippen molar-refractivity contribution in [2.45, 2.75) is 33.0 Å². The molecule has 0 unspecified atom stereocenters. The number of H-pyrrole nitrogens is 1. The number of aromatic amines is 1. The minimum atomic E-state index is -0.967. The third-order valence-corrected chi connectivity index (χ3v) is 5.21. The molecule has 176 valence electrons. The van der Waals surface area contributed by atoms with E-state index in [4.69, 9.17) is 14.2 Å². The molecule has 0 aliphatic carbocycles. The lowest BCUT2D eigenvalue weighted by molar-refractivity contribution is 0.00718. The zero-order valence-electron chi connectivity index (χ0n) is 19.4. The van der Waals surface area contributed by atoms with Crippen molar-refractivity contribution in [2.75, 3.05) is 7.11 Å². The summed E-state index contributed by atoms with van der Waals surface area (Å²) in [6, 6.07) is 14.8. The zero-order valence-corrected chi connectivity index (χ0v) is 19.4. The fourth-order valence-electron chi connectivity index (χ4n) is 3.69. The number of halogens is 2. The Balaban J connectivity index is 1.56. The van der Waals surface area contributed by atoms with Gasteiger partial charge in [0, 0.05) is 28.7 Å². The van der Waals surface area contributed by atoms with Gasteiger partial charge in [-0.05, 0) is 56.2 Å². The highest BCUT2D eigenvalue weighted by molar-refractivity contribution is 6.05. The molecule has 3 aromatic carbocycles. The summed E-state index contributed by atoms with van der Waals surface area (Å²) in [5.41, 5.74) is 2.57. The first kappa shape index (κ1) is 23.3. The summed E-state index contributed by atoms with van der Waals surface area (Å²) in [6.07, 6.45) is 1.65. The van der Waals surface area contributed by atoms with Gasteiger partial charge in [0.15, 0.2) is 11.6 Å². The molecule has 34 heavy (non-hydrogen) atoms. The summed E-state index contributed by atoms with van der Waals surface area (Å²) in [5.74, 6) is -1.50. The van der Waals surface area contributed by atoms with Gasteiger partial charge in [-0.2, -0.15) is 0 Å². The maximum Gasteiger partial charge on any atom is 0.340 e. The molecular weight excluding hydrogens is 440 g/mol. The quantitative estimate of drug-likeness (QED) is 0.324. The summed E-state index contributed by atoms with van der Waals surface area (Å²) in [6.45, 7) is 5.69. The van der Waals surface area contributed by atoms with Crippen LogP contribution in [0.4, 0.5) is 8.78 Å². The van der Waals surface area contributed by atoms with E-state index in [-0.39, 0.29) is 12.4 Å². The highest BCUT2D eigenvalue weighted by Gasteiger charge is 2.22. The molecule has 1 N–H and O–H groups in total. The number of benzene rings is 3. The van der Waals surface area contributed by atoms with E-state index in [0.29, 0.717) is 22.4 Å². The molecule has 0 atom stereocenters. The summed E-state index contributed by atoms with van der Waals surface area (Å²) < 4.78 is 44.0. The number of hydrogen-bond acceptors (Lipinski definition) is 4. The van der Waals surface area contributed by atoms with E-state index in [2.05, 4.69) is 4.98 Å². The van der Waals surface area contributed by atoms with Crippen molar-refractivity contribution in [1.82, 2.24) is 4.98 Å². The molecular formula is C27H25F2NO4. The Morgan fingerprint density at radius 3 is 2.38 bits per heavy atom. The largest absolute Gasteiger partial charge is 0.496 e. The van der Waals surface area contributed by atoms with Gasteiger partial charge in [-0.1, -0.05) is 24.3 Å². The average Bonchev–Trinajstić information content (AvgIpc) is 3.23. The Morgan fingerprint density at radius 1 is 1.00 bits per heavy atom. The van der Waals surface area contributed by atoms with Crippen LogP contribution in [0.2, 0.25) is 0 Å². The maximum atomic E-state index is 13.8. The van der Waals surface area contributed by atoms with Gasteiger partial charge in [0.25, 0.3) is 0 Å². The van der Waals surface area contributed by atoms with Crippen LogP contribution in [-0.4, -0.2) is 23.7 Å². The van der Waals surface area contributed by atoms with Gasteiger partial charge in [0.2, 0.25) is 0 Å². The van der Waals surface area contributed by atoms with Crippen LogP contribution in [0, 0.1) is 11.6 Å². The molecule has 0 bridgehead atoms. The van der Waals surface area contributed by atoms with Crippen LogP contribution in [0.3, 0.4) is 0 Å². The van der Waals surface area contributed by atoms with E-state index in [1.54, 1.807) is 30.5 Å².